The van der Waals surface area contributed by atoms with Gasteiger partial charge in [-0.15, -0.1) is 0 Å². The molecule has 13 heavy (non-hydrogen) atoms. The fourth-order valence-electron chi connectivity index (χ4n) is 2.06. The first kappa shape index (κ1) is 10.6. The summed E-state index contributed by atoms with van der Waals surface area (Å²) in [5, 5.41) is 0. The van der Waals surface area contributed by atoms with E-state index in [1.54, 1.807) is 0 Å². The van der Waals surface area contributed by atoms with Gasteiger partial charge in [0.15, 0.2) is 0 Å². The van der Waals surface area contributed by atoms with Crippen LogP contribution < -0.4 is 0 Å². The van der Waals surface area contributed by atoms with Crippen molar-refractivity contribution >= 4 is 5.91 Å². The van der Waals surface area contributed by atoms with Gasteiger partial charge < -0.3 is 4.90 Å². The maximum absolute atomic E-state index is 11.8. The third-order valence-electron chi connectivity index (χ3n) is 2.66. The summed E-state index contributed by atoms with van der Waals surface area (Å²) in [6.45, 7) is 8.38. The number of rotatable bonds is 3. The SMILES string of the molecule is CC(C)CC(C)C(=O)N1CCCC1. The average Bonchev–Trinajstić information content (AvgIpc) is 2.53. The molecular weight excluding hydrogens is 162 g/mol. The molecule has 0 saturated carbocycles. The normalized spacial score (nSPS) is 19.5. The van der Waals surface area contributed by atoms with Crippen molar-refractivity contribution in [2.24, 2.45) is 11.8 Å². The minimum absolute atomic E-state index is 0.220. The number of nitrogens with zero attached hydrogens (tertiary/aromatic N) is 1. The van der Waals surface area contributed by atoms with Crippen LogP contribution in [0.15, 0.2) is 0 Å². The Morgan fingerprint density at radius 2 is 1.77 bits per heavy atom. The van der Waals surface area contributed by atoms with Crippen molar-refractivity contribution in [1.29, 1.82) is 0 Å². The van der Waals surface area contributed by atoms with Crippen molar-refractivity contribution in [2.75, 3.05) is 13.1 Å². The molecule has 1 aliphatic rings. The summed E-state index contributed by atoms with van der Waals surface area (Å²) in [5.41, 5.74) is 0. The summed E-state index contributed by atoms with van der Waals surface area (Å²) in [7, 11) is 0. The molecule has 1 rings (SSSR count). The zero-order chi connectivity index (χ0) is 9.84. The Bertz CT molecular complexity index is 171. The molecule has 0 bridgehead atoms. The van der Waals surface area contributed by atoms with Gasteiger partial charge in [-0.1, -0.05) is 20.8 Å². The summed E-state index contributed by atoms with van der Waals surface area (Å²) < 4.78 is 0. The van der Waals surface area contributed by atoms with E-state index in [2.05, 4.69) is 20.8 Å². The molecule has 1 amide bonds. The second-order valence-corrected chi connectivity index (χ2v) is 4.56. The van der Waals surface area contributed by atoms with Crippen LogP contribution in [0.4, 0.5) is 0 Å². The van der Waals surface area contributed by atoms with E-state index < -0.39 is 0 Å². The van der Waals surface area contributed by atoms with E-state index in [0.717, 1.165) is 19.5 Å². The monoisotopic (exact) mass is 183 g/mol. The predicted octanol–water partition coefficient (Wildman–Crippen LogP) is 2.29. The van der Waals surface area contributed by atoms with Gasteiger partial charge >= 0.3 is 0 Å². The third kappa shape index (κ3) is 3.02. The summed E-state index contributed by atoms with van der Waals surface area (Å²) in [5.74, 6) is 1.21. The second kappa shape index (κ2) is 4.64. The van der Waals surface area contributed by atoms with Crippen LogP contribution in [0.5, 0.6) is 0 Å². The van der Waals surface area contributed by atoms with Crippen molar-refractivity contribution in [1.82, 2.24) is 4.90 Å². The van der Waals surface area contributed by atoms with Gasteiger partial charge in [-0.2, -0.15) is 0 Å². The first-order valence-electron chi connectivity index (χ1n) is 5.40. The zero-order valence-electron chi connectivity index (χ0n) is 9.05. The topological polar surface area (TPSA) is 20.3 Å². The van der Waals surface area contributed by atoms with Gasteiger partial charge in [0.2, 0.25) is 5.91 Å². The van der Waals surface area contributed by atoms with Gasteiger partial charge in [-0.05, 0) is 25.2 Å². The lowest BCUT2D eigenvalue weighted by Crippen LogP contribution is -2.33. The van der Waals surface area contributed by atoms with E-state index in [1.807, 2.05) is 4.90 Å². The highest BCUT2D eigenvalue weighted by Gasteiger charge is 2.23. The van der Waals surface area contributed by atoms with Crippen molar-refractivity contribution in [3.8, 4) is 0 Å². The lowest BCUT2D eigenvalue weighted by Gasteiger charge is -2.21. The molecule has 0 spiro atoms. The van der Waals surface area contributed by atoms with Crippen LogP contribution >= 0.6 is 0 Å². The van der Waals surface area contributed by atoms with Crippen LogP contribution in [0.1, 0.15) is 40.0 Å². The molecule has 2 heteroatoms. The lowest BCUT2D eigenvalue weighted by atomic mass is 9.98. The zero-order valence-corrected chi connectivity index (χ0v) is 9.05. The molecule has 0 N–H and O–H groups in total. The van der Waals surface area contributed by atoms with Gasteiger partial charge in [0.05, 0.1) is 0 Å². The molecule has 1 unspecified atom stereocenters. The maximum Gasteiger partial charge on any atom is 0.225 e. The Morgan fingerprint density at radius 1 is 1.23 bits per heavy atom. The van der Waals surface area contributed by atoms with Gasteiger partial charge in [-0.25, -0.2) is 0 Å². The van der Waals surface area contributed by atoms with Crippen LogP contribution in [0.3, 0.4) is 0 Å². The van der Waals surface area contributed by atoms with E-state index in [1.165, 1.54) is 12.8 Å². The molecule has 1 aliphatic heterocycles. The van der Waals surface area contributed by atoms with Crippen LogP contribution in [-0.2, 0) is 4.79 Å². The average molecular weight is 183 g/mol. The van der Waals surface area contributed by atoms with Crippen LogP contribution in [-0.4, -0.2) is 23.9 Å². The van der Waals surface area contributed by atoms with E-state index in [4.69, 9.17) is 0 Å². The smallest absolute Gasteiger partial charge is 0.225 e. The van der Waals surface area contributed by atoms with Crippen molar-refractivity contribution in [3.05, 3.63) is 0 Å². The first-order chi connectivity index (χ1) is 6.11. The predicted molar refractivity (Wildman–Crippen MR) is 54.4 cm³/mol. The molecule has 0 radical (unpaired) electrons. The quantitative estimate of drug-likeness (QED) is 0.657. The molecule has 1 saturated heterocycles. The number of amides is 1. The fraction of sp³-hybridized carbons (Fsp3) is 0.909. The minimum atomic E-state index is 0.220. The van der Waals surface area contributed by atoms with Gasteiger partial charge in [0.25, 0.3) is 0 Å². The lowest BCUT2D eigenvalue weighted by molar-refractivity contribution is -0.134. The first-order valence-corrected chi connectivity index (χ1v) is 5.40. The van der Waals surface area contributed by atoms with Gasteiger partial charge in [0, 0.05) is 19.0 Å². The number of likely N-dealkylation sites (tertiary alicyclic amines) is 1. The standard InChI is InChI=1S/C11H21NO/c1-9(2)8-10(3)11(13)12-6-4-5-7-12/h9-10H,4-8H2,1-3H3. The highest BCUT2D eigenvalue weighted by atomic mass is 16.2. The Labute approximate surface area is 81.3 Å². The van der Waals surface area contributed by atoms with E-state index in [9.17, 15) is 4.79 Å². The molecule has 2 nitrogen and oxygen atoms in total. The van der Waals surface area contributed by atoms with Crippen LogP contribution in [0.2, 0.25) is 0 Å². The highest BCUT2D eigenvalue weighted by Crippen LogP contribution is 2.17. The van der Waals surface area contributed by atoms with Gasteiger partial charge in [-0.3, -0.25) is 4.79 Å². The Kier molecular flexibility index (Phi) is 3.76. The maximum atomic E-state index is 11.8. The molecule has 0 aromatic carbocycles. The van der Waals surface area contributed by atoms with Crippen LogP contribution in [0.25, 0.3) is 0 Å². The largest absolute Gasteiger partial charge is 0.342 e. The summed E-state index contributed by atoms with van der Waals surface area (Å²) >= 11 is 0. The van der Waals surface area contributed by atoms with E-state index >= 15 is 0 Å². The highest BCUT2D eigenvalue weighted by molar-refractivity contribution is 5.78. The Balaban J connectivity index is 2.36. The number of hydrogen-bond acceptors (Lipinski definition) is 1. The van der Waals surface area contributed by atoms with Crippen molar-refractivity contribution in [3.63, 3.8) is 0 Å². The molecule has 0 aromatic heterocycles. The summed E-state index contributed by atoms with van der Waals surface area (Å²) in [4.78, 5) is 13.8. The number of carbonyl (C=O) groups excluding carboxylic acids is 1. The molecule has 1 fully saturated rings. The summed E-state index contributed by atoms with van der Waals surface area (Å²) in [6, 6.07) is 0. The second-order valence-electron chi connectivity index (χ2n) is 4.56. The molecular formula is C11H21NO. The van der Waals surface area contributed by atoms with Gasteiger partial charge in [0.1, 0.15) is 0 Å². The molecule has 1 heterocycles. The molecule has 0 aliphatic carbocycles. The van der Waals surface area contributed by atoms with Crippen molar-refractivity contribution < 1.29 is 4.79 Å². The fourth-order valence-corrected chi connectivity index (χ4v) is 2.06. The Hall–Kier alpha value is -0.530. The Morgan fingerprint density at radius 3 is 2.23 bits per heavy atom. The molecule has 1 atom stereocenters. The van der Waals surface area contributed by atoms with Crippen molar-refractivity contribution in [2.45, 2.75) is 40.0 Å². The van der Waals surface area contributed by atoms with Crippen LogP contribution in [0, 0.1) is 11.8 Å². The number of carbonyl (C=O) groups is 1. The van der Waals surface area contributed by atoms with E-state index in [-0.39, 0.29) is 5.92 Å². The minimum Gasteiger partial charge on any atom is -0.342 e. The molecule has 0 aromatic rings. The molecule has 76 valence electrons. The van der Waals surface area contributed by atoms with E-state index in [0.29, 0.717) is 11.8 Å². The summed E-state index contributed by atoms with van der Waals surface area (Å²) in [6.07, 6.45) is 3.41. The number of hydrogen-bond donors (Lipinski definition) is 0. The third-order valence-corrected chi connectivity index (χ3v) is 2.66.